The van der Waals surface area contributed by atoms with E-state index in [-0.39, 0.29) is 118 Å². The first-order valence-corrected chi connectivity index (χ1v) is 51.0. The molecule has 1 saturated heterocycles. The molecule has 10 atom stereocenters. The van der Waals surface area contributed by atoms with E-state index in [9.17, 15) is 56.1 Å². The minimum Gasteiger partial charge on any atom is -0.481 e. The number of carboxylic acid groups (broad SMARTS) is 2. The second-order valence-corrected chi connectivity index (χ2v) is 40.9. The summed E-state index contributed by atoms with van der Waals surface area (Å²) in [6, 6.07) is 14.0. The van der Waals surface area contributed by atoms with Crippen LogP contribution in [0.4, 0.5) is 39.4 Å². The number of aromatic amines is 5. The summed E-state index contributed by atoms with van der Waals surface area (Å²) in [5.74, 6) is -1.86. The molecule has 15 aromatic rings. The number of hydrogen-bond acceptors (Lipinski definition) is 31. The molecule has 14 aliphatic rings. The highest BCUT2D eigenvalue weighted by atomic mass is 35.5. The number of carboxylic acids is 2. The van der Waals surface area contributed by atoms with Crippen molar-refractivity contribution < 1.29 is 70.3 Å². The number of morpholine rings is 1. The van der Waals surface area contributed by atoms with E-state index in [1.807, 2.05) is 29.2 Å². The van der Waals surface area contributed by atoms with Gasteiger partial charge in [-0.1, -0.05) is 29.6 Å². The molecule has 10 N–H and O–H groups in total. The Hall–Kier alpha value is -14.6. The number of methoxy groups -OCH3 is 2. The van der Waals surface area contributed by atoms with Crippen LogP contribution in [0.3, 0.4) is 0 Å². The van der Waals surface area contributed by atoms with E-state index in [1.54, 1.807) is 42.9 Å². The number of anilines is 3. The second-order valence-electron chi connectivity index (χ2n) is 40.0. The number of rotatable bonds is 21. The lowest BCUT2D eigenvalue weighted by Crippen LogP contribution is -2.52. The Bertz CT molecular complexity index is 7070. The number of fused-ring (bicyclic) bond motifs is 17. The van der Waals surface area contributed by atoms with Gasteiger partial charge in [0, 0.05) is 84.8 Å². The van der Waals surface area contributed by atoms with Crippen molar-refractivity contribution in [2.75, 3.05) is 56.5 Å². The number of aromatic nitrogens is 25. The number of ether oxygens (including phenoxy) is 3. The molecule has 13 saturated carbocycles. The molecule has 1 aliphatic heterocycles. The largest absolute Gasteiger partial charge is 0.481 e. The van der Waals surface area contributed by atoms with Gasteiger partial charge in [-0.25, -0.2) is 96.7 Å². The molecule has 1 amide bonds. The predicted octanol–water partition coefficient (Wildman–Crippen LogP) is 16.4. The zero-order valence-electron chi connectivity index (χ0n) is 80.6. The Balaban J connectivity index is 0.000000108. The molecule has 0 spiro atoms. The van der Waals surface area contributed by atoms with Gasteiger partial charge in [0.25, 0.3) is 0 Å². The second kappa shape index (κ2) is 43.5. The van der Waals surface area contributed by atoms with Crippen LogP contribution in [-0.4, -0.2) is 229 Å². The van der Waals surface area contributed by atoms with Gasteiger partial charge < -0.3 is 45.3 Å². The molecule has 15 aromatic heterocycles. The standard InChI is InChI=1S/C22H26FN7O2.2C20H19ClFN5O2.2C20H21FN6O2/c23-17-13-25-22(19-16-5-2-6-24-20(16)29-28-19)27-21(17)26-15-4-1-3-14(11-15)12-18(31)30-7-9-32-10-8-30;2*21-11-5-13-17(26-27-18(13)23-7-11)19-24-8-14(22)15(25-19)6-12-9-1-3-10(4-2-9)16(12)20(28)29;2*1-29-20(28)14-10-4-6-11(7-5-10)15(14)24-18-13(21)9-23-19(25-18)16-12-3-2-8-22-17(12)27-26-16/h2,5-6,13-15H,1,3-4,7-12H2,(H,24,28,29)(H,25,26,27);2*5,7-10,12,16H,1-4,6H2,(H,28,29)(H,23,26,27);2*2-3,8-11,14-15H,4-7H2,1H3,(H,22,26,27)(H,23,24,25)/t14-,15+;2*9?,10?,12-,16-;;/m110../s1. The highest BCUT2D eigenvalue weighted by Gasteiger charge is 2.53. The number of halogens is 7. The first-order valence-electron chi connectivity index (χ1n) is 50.3. The first-order chi connectivity index (χ1) is 72.0. The quantitative estimate of drug-likeness (QED) is 0.0236. The number of carbonyl (C=O) groups excluding carboxylic acids is 3. The summed E-state index contributed by atoms with van der Waals surface area (Å²) in [4.78, 5) is 127. The maximum atomic E-state index is 14.6. The summed E-state index contributed by atoms with van der Waals surface area (Å²) in [5, 5.41) is 68.8. The third-order valence-corrected chi connectivity index (χ3v) is 32.3. The smallest absolute Gasteiger partial charge is 0.311 e. The van der Waals surface area contributed by atoms with Gasteiger partial charge in [0.1, 0.15) is 28.5 Å². The fourth-order valence-corrected chi connectivity index (χ4v) is 25.1. The molecule has 8 bridgehead atoms. The molecule has 768 valence electrons. The molecule has 46 heteroatoms. The van der Waals surface area contributed by atoms with Gasteiger partial charge in [-0.3, -0.25) is 49.5 Å². The van der Waals surface area contributed by atoms with Crippen molar-refractivity contribution >= 4 is 126 Å². The van der Waals surface area contributed by atoms with E-state index in [0.29, 0.717) is 176 Å². The van der Waals surface area contributed by atoms with Gasteiger partial charge in [-0.2, -0.15) is 25.5 Å². The molecular weight excluding hydrogens is 1960 g/mol. The fourth-order valence-electron chi connectivity index (χ4n) is 24.8. The average molecular weight is 2060 g/mol. The summed E-state index contributed by atoms with van der Waals surface area (Å²) < 4.78 is 88.3. The molecule has 0 aromatic carbocycles. The average Bonchev–Trinajstić information content (AvgIpc) is 1.28. The van der Waals surface area contributed by atoms with Gasteiger partial charge in [0.2, 0.25) is 5.91 Å². The summed E-state index contributed by atoms with van der Waals surface area (Å²) in [7, 11) is 2.81. The first kappa shape index (κ1) is 99.4. The third-order valence-electron chi connectivity index (χ3n) is 31.9. The number of aliphatic carboxylic acids is 2. The Morgan fingerprint density at radius 2 is 0.730 bits per heavy atom. The molecule has 0 radical (unpaired) electrons. The van der Waals surface area contributed by atoms with Crippen LogP contribution in [0.1, 0.15) is 146 Å². The number of hydrogen-bond donors (Lipinski definition) is 10. The Labute approximate surface area is 851 Å². The minimum absolute atomic E-state index is 0.0590. The van der Waals surface area contributed by atoms with Crippen LogP contribution in [0.25, 0.3) is 113 Å². The highest BCUT2D eigenvalue weighted by Crippen LogP contribution is 2.54. The monoisotopic (exact) mass is 2060 g/mol. The van der Waals surface area contributed by atoms with E-state index < -0.39 is 52.9 Å². The maximum Gasteiger partial charge on any atom is 0.311 e. The van der Waals surface area contributed by atoms with Crippen LogP contribution in [0.15, 0.2) is 110 Å². The summed E-state index contributed by atoms with van der Waals surface area (Å²) >= 11 is 12.1. The third kappa shape index (κ3) is 20.7. The van der Waals surface area contributed by atoms with E-state index >= 15 is 0 Å². The lowest BCUT2D eigenvalue weighted by molar-refractivity contribution is -0.153. The van der Waals surface area contributed by atoms with Gasteiger partial charge in [-0.15, -0.1) is 0 Å². The molecular formula is C102H106Cl2F5N29O10. The lowest BCUT2D eigenvalue weighted by Gasteiger charge is -2.47. The van der Waals surface area contributed by atoms with Crippen LogP contribution in [0, 0.1) is 118 Å². The highest BCUT2D eigenvalue weighted by molar-refractivity contribution is 6.31. The summed E-state index contributed by atoms with van der Waals surface area (Å²) in [5.41, 5.74) is 5.85. The van der Waals surface area contributed by atoms with E-state index in [4.69, 9.17) is 37.4 Å². The van der Waals surface area contributed by atoms with Gasteiger partial charge in [-0.05, 0) is 248 Å². The maximum absolute atomic E-state index is 14.6. The molecule has 148 heavy (non-hydrogen) atoms. The van der Waals surface area contributed by atoms with Crippen molar-refractivity contribution in [3.05, 3.63) is 161 Å². The number of esters is 2. The van der Waals surface area contributed by atoms with Crippen LogP contribution in [-0.2, 0) is 51.0 Å². The zero-order chi connectivity index (χ0) is 102. The van der Waals surface area contributed by atoms with Crippen molar-refractivity contribution in [1.29, 1.82) is 0 Å². The van der Waals surface area contributed by atoms with E-state index in [1.165, 1.54) is 32.8 Å². The van der Waals surface area contributed by atoms with Crippen molar-refractivity contribution in [2.24, 2.45) is 88.8 Å². The number of nitrogens with one attached hydrogen (secondary N) is 8. The van der Waals surface area contributed by atoms with Crippen LogP contribution in [0.2, 0.25) is 10.0 Å². The lowest BCUT2D eigenvalue weighted by atomic mass is 9.57. The zero-order valence-corrected chi connectivity index (χ0v) is 82.1. The number of pyridine rings is 5. The van der Waals surface area contributed by atoms with Crippen LogP contribution < -0.4 is 16.0 Å². The van der Waals surface area contributed by atoms with Gasteiger partial charge in [0.15, 0.2) is 104 Å². The summed E-state index contributed by atoms with van der Waals surface area (Å²) in [6.45, 7) is 2.55. The molecule has 4 unspecified atom stereocenters. The molecule has 13 aliphatic carbocycles. The van der Waals surface area contributed by atoms with Crippen LogP contribution in [0.5, 0.6) is 0 Å². The van der Waals surface area contributed by atoms with Crippen molar-refractivity contribution in [3.63, 3.8) is 0 Å². The Morgan fingerprint density at radius 1 is 0.399 bits per heavy atom. The fraction of sp³-hybridized carbons (Fsp3) is 0.461. The number of H-pyrrole nitrogens is 5. The van der Waals surface area contributed by atoms with Crippen LogP contribution >= 0.6 is 23.2 Å². The van der Waals surface area contributed by atoms with Gasteiger partial charge in [0.05, 0.1) is 114 Å². The van der Waals surface area contributed by atoms with Crippen molar-refractivity contribution in [2.45, 2.75) is 166 Å². The predicted molar refractivity (Wildman–Crippen MR) is 530 cm³/mol. The molecule has 16 heterocycles. The number of carbonyl (C=O) groups is 5. The summed E-state index contributed by atoms with van der Waals surface area (Å²) in [6.07, 6.45) is 34.5. The Kier molecular flexibility index (Phi) is 29.2. The van der Waals surface area contributed by atoms with Gasteiger partial charge >= 0.3 is 23.9 Å². The Morgan fingerprint density at radius 3 is 1.10 bits per heavy atom. The number of amides is 1. The van der Waals surface area contributed by atoms with Crippen molar-refractivity contribution in [1.82, 2.24) is 131 Å². The molecule has 14 fully saturated rings. The van der Waals surface area contributed by atoms with E-state index in [0.717, 1.165) is 169 Å². The molecule has 29 rings (SSSR count). The SMILES string of the molecule is COC(=O)C1C2CCC(CC2)C1Nc1nc(-c2[nH]nc3ncccc23)ncc1F.COC(=O)C1C2CCC(CC2)C1Nc1nc(-c2[nH]nc3ncccc23)ncc1F.O=C(C[C@@H]1CCC[C@H](Nc2nc(-c3[nH]nc4ncccc34)ncc2F)C1)N1CCOCC1.O=C(O)[C@@H]1C2CCC(CC2)[C@H]1Cc1nc(-c2[nH]nc3ncc(Cl)cc23)ncc1F.O=C(O)[C@H]1C2CCC(CC2)[C@@H]1Cc1nc(-c2[nH]nc3ncc(Cl)cc23)ncc1F. The van der Waals surface area contributed by atoms with E-state index in [2.05, 4.69) is 142 Å². The minimum atomic E-state index is -0.778. The topological polar surface area (TPSA) is 530 Å². The number of nitrogens with zero attached hydrogens (tertiary/aromatic N) is 21. The van der Waals surface area contributed by atoms with Crippen molar-refractivity contribution in [3.8, 4) is 57.6 Å². The normalized spacial score (nSPS) is 25.0. The molecule has 39 nitrogen and oxygen atoms in total.